The van der Waals surface area contributed by atoms with Crippen LogP contribution >= 0.6 is 0 Å². The molecule has 0 spiro atoms. The van der Waals surface area contributed by atoms with E-state index in [2.05, 4.69) is 5.43 Å². The summed E-state index contributed by atoms with van der Waals surface area (Å²) in [7, 11) is -3.49. The van der Waals surface area contributed by atoms with Crippen molar-refractivity contribution in [1.29, 1.82) is 0 Å². The highest BCUT2D eigenvalue weighted by Gasteiger charge is 2.33. The third-order valence-corrected chi connectivity index (χ3v) is 5.76. The van der Waals surface area contributed by atoms with Gasteiger partial charge in [0.05, 0.1) is 5.69 Å². The fourth-order valence-corrected chi connectivity index (χ4v) is 4.61. The van der Waals surface area contributed by atoms with E-state index in [-0.39, 0.29) is 10.9 Å². The Balaban J connectivity index is 2.39. The minimum absolute atomic E-state index is 0.126. The lowest BCUT2D eigenvalue weighted by atomic mass is 10.2. The lowest BCUT2D eigenvalue weighted by Crippen LogP contribution is -2.39. The van der Waals surface area contributed by atoms with Crippen LogP contribution in [0.4, 0.5) is 5.69 Å². The lowest BCUT2D eigenvalue weighted by molar-refractivity contribution is 0.335. The highest BCUT2D eigenvalue weighted by atomic mass is 32.2. The topological polar surface area (TPSA) is 75.4 Å². The maximum Gasteiger partial charge on any atom is 0.245 e. The molecule has 0 aliphatic heterocycles. The first kappa shape index (κ1) is 14.3. The quantitative estimate of drug-likeness (QED) is 0.639. The van der Waals surface area contributed by atoms with Crippen LogP contribution in [0.3, 0.4) is 0 Å². The number of nitrogens with two attached hydrogens (primary N) is 1. The fraction of sp³-hybridized carbons (Fsp3) is 0.538. The average molecular weight is 283 g/mol. The molecule has 1 fully saturated rings. The molecule has 6 heteroatoms. The highest BCUT2D eigenvalue weighted by Crippen LogP contribution is 2.30. The van der Waals surface area contributed by atoms with E-state index < -0.39 is 10.0 Å². The number of hydrazine groups is 1. The van der Waals surface area contributed by atoms with Crippen LogP contribution in [-0.2, 0) is 10.0 Å². The van der Waals surface area contributed by atoms with Crippen molar-refractivity contribution in [2.75, 3.05) is 12.0 Å². The number of benzene rings is 1. The van der Waals surface area contributed by atoms with E-state index in [4.69, 9.17) is 5.84 Å². The molecular weight excluding hydrogens is 262 g/mol. The molecule has 2 rings (SSSR count). The minimum atomic E-state index is -3.49. The van der Waals surface area contributed by atoms with Crippen LogP contribution < -0.4 is 11.3 Å². The molecule has 1 aliphatic carbocycles. The van der Waals surface area contributed by atoms with Crippen LogP contribution in [0, 0.1) is 0 Å². The van der Waals surface area contributed by atoms with Crippen LogP contribution in [0.25, 0.3) is 0 Å². The molecule has 1 aromatic carbocycles. The summed E-state index contributed by atoms with van der Waals surface area (Å²) in [5, 5.41) is 0. The van der Waals surface area contributed by atoms with Gasteiger partial charge in [0.15, 0.2) is 0 Å². The summed E-state index contributed by atoms with van der Waals surface area (Å²) in [5.41, 5.74) is 2.91. The van der Waals surface area contributed by atoms with Gasteiger partial charge in [-0.1, -0.05) is 31.9 Å². The van der Waals surface area contributed by atoms with Crippen LogP contribution in [0.15, 0.2) is 29.2 Å². The molecule has 0 heterocycles. The number of hydrogen-bond donors (Lipinski definition) is 2. The molecular formula is C13H21N3O2S. The second-order valence-corrected chi connectivity index (χ2v) is 6.65. The summed E-state index contributed by atoms with van der Waals surface area (Å²) in [6, 6.07) is 6.88. The van der Waals surface area contributed by atoms with Gasteiger partial charge in [-0.05, 0) is 25.0 Å². The van der Waals surface area contributed by atoms with E-state index >= 15 is 0 Å². The smallest absolute Gasteiger partial charge is 0.245 e. The molecule has 0 bridgehead atoms. The third-order valence-electron chi connectivity index (χ3n) is 3.67. The van der Waals surface area contributed by atoms with Crippen molar-refractivity contribution in [3.63, 3.8) is 0 Å². The normalized spacial score (nSPS) is 17.0. The SMILES string of the molecule is CCN(C1CCCC1)S(=O)(=O)c1ccccc1NN. The number of anilines is 1. The van der Waals surface area contributed by atoms with Crippen LogP contribution in [-0.4, -0.2) is 25.3 Å². The molecule has 0 saturated heterocycles. The zero-order chi connectivity index (χ0) is 13.9. The van der Waals surface area contributed by atoms with E-state index in [1.165, 1.54) is 0 Å². The van der Waals surface area contributed by atoms with Gasteiger partial charge in [-0.15, -0.1) is 0 Å². The van der Waals surface area contributed by atoms with Crippen LogP contribution in [0.1, 0.15) is 32.6 Å². The largest absolute Gasteiger partial charge is 0.323 e. The number of rotatable bonds is 5. The van der Waals surface area contributed by atoms with Gasteiger partial charge < -0.3 is 5.43 Å². The number of nitrogens with zero attached hydrogens (tertiary/aromatic N) is 1. The molecule has 0 unspecified atom stereocenters. The number of sulfonamides is 1. The summed E-state index contributed by atoms with van der Waals surface area (Å²) in [6.45, 7) is 2.38. The van der Waals surface area contributed by atoms with E-state index in [1.807, 2.05) is 6.92 Å². The number of para-hydroxylation sites is 1. The first-order valence-corrected chi connectivity index (χ1v) is 8.12. The predicted octanol–water partition coefficient (Wildman–Crippen LogP) is 1.93. The molecule has 106 valence electrons. The Morgan fingerprint density at radius 2 is 1.95 bits per heavy atom. The van der Waals surface area contributed by atoms with Gasteiger partial charge in [-0.25, -0.2) is 8.42 Å². The summed E-state index contributed by atoms with van der Waals surface area (Å²) in [6.07, 6.45) is 4.11. The third kappa shape index (κ3) is 2.75. The monoisotopic (exact) mass is 283 g/mol. The molecule has 0 aromatic heterocycles. The molecule has 1 saturated carbocycles. The minimum Gasteiger partial charge on any atom is -0.323 e. The summed E-state index contributed by atoms with van der Waals surface area (Å²) in [4.78, 5) is 0.256. The molecule has 1 aliphatic rings. The maximum absolute atomic E-state index is 12.8. The second-order valence-electron chi connectivity index (χ2n) is 4.79. The standard InChI is InChI=1S/C13H21N3O2S/c1-2-16(11-7-3-4-8-11)19(17,18)13-10-6-5-9-12(13)15-14/h5-6,9-11,15H,2-4,7-8,14H2,1H3. The molecule has 0 atom stereocenters. The van der Waals surface area contributed by atoms with Gasteiger partial charge >= 0.3 is 0 Å². The number of nitrogens with one attached hydrogen (secondary N) is 1. The van der Waals surface area contributed by atoms with Crippen LogP contribution in [0.2, 0.25) is 0 Å². The summed E-state index contributed by atoms with van der Waals surface area (Å²) < 4.78 is 27.1. The molecule has 0 radical (unpaired) electrons. The zero-order valence-corrected chi connectivity index (χ0v) is 12.0. The van der Waals surface area contributed by atoms with Crippen molar-refractivity contribution in [3.8, 4) is 0 Å². The Labute approximate surface area is 114 Å². The van der Waals surface area contributed by atoms with E-state index in [0.717, 1.165) is 25.7 Å². The van der Waals surface area contributed by atoms with Gasteiger partial charge in [0.1, 0.15) is 4.90 Å². The lowest BCUT2D eigenvalue weighted by Gasteiger charge is -2.27. The summed E-state index contributed by atoms with van der Waals surface area (Å²) in [5.74, 6) is 5.41. The number of nitrogen functional groups attached to an aromatic ring is 1. The Bertz CT molecular complexity index is 524. The van der Waals surface area contributed by atoms with Crippen molar-refractivity contribution in [2.45, 2.75) is 43.5 Å². The summed E-state index contributed by atoms with van der Waals surface area (Å²) >= 11 is 0. The number of hydrogen-bond acceptors (Lipinski definition) is 4. The molecule has 0 amide bonds. The van der Waals surface area contributed by atoms with Gasteiger partial charge in [0.25, 0.3) is 0 Å². The fourth-order valence-electron chi connectivity index (χ4n) is 2.75. The van der Waals surface area contributed by atoms with E-state index in [9.17, 15) is 8.42 Å². The zero-order valence-electron chi connectivity index (χ0n) is 11.2. The molecule has 19 heavy (non-hydrogen) atoms. The van der Waals surface area contributed by atoms with Gasteiger partial charge in [0, 0.05) is 12.6 Å². The van der Waals surface area contributed by atoms with Crippen molar-refractivity contribution >= 4 is 15.7 Å². The van der Waals surface area contributed by atoms with Crippen molar-refractivity contribution < 1.29 is 8.42 Å². The Morgan fingerprint density at radius 3 is 2.53 bits per heavy atom. The first-order valence-electron chi connectivity index (χ1n) is 6.68. The van der Waals surface area contributed by atoms with Crippen molar-refractivity contribution in [2.24, 2.45) is 5.84 Å². The maximum atomic E-state index is 12.8. The Morgan fingerprint density at radius 1 is 1.32 bits per heavy atom. The Hall–Kier alpha value is -1.11. The van der Waals surface area contributed by atoms with Crippen LogP contribution in [0.5, 0.6) is 0 Å². The average Bonchev–Trinajstić information content (AvgIpc) is 2.93. The van der Waals surface area contributed by atoms with Crippen molar-refractivity contribution in [3.05, 3.63) is 24.3 Å². The van der Waals surface area contributed by atoms with Gasteiger partial charge in [-0.3, -0.25) is 5.84 Å². The van der Waals surface area contributed by atoms with Gasteiger partial charge in [-0.2, -0.15) is 4.31 Å². The predicted molar refractivity (Wildman–Crippen MR) is 76.1 cm³/mol. The first-order chi connectivity index (χ1) is 9.11. The van der Waals surface area contributed by atoms with Crippen molar-refractivity contribution in [1.82, 2.24) is 4.31 Å². The Kier molecular flexibility index (Phi) is 4.44. The molecule has 3 N–H and O–H groups in total. The van der Waals surface area contributed by atoms with E-state index in [0.29, 0.717) is 12.2 Å². The molecule has 5 nitrogen and oxygen atoms in total. The second kappa shape index (κ2) is 5.90. The molecule has 1 aromatic rings. The van der Waals surface area contributed by atoms with E-state index in [1.54, 1.807) is 28.6 Å². The van der Waals surface area contributed by atoms with Gasteiger partial charge in [0.2, 0.25) is 10.0 Å². The highest BCUT2D eigenvalue weighted by molar-refractivity contribution is 7.89.